The molecule has 0 rings (SSSR count). The fraction of sp³-hybridized carbons (Fsp3) is 0.750. The number of hydrogen-bond donors (Lipinski definition) is 2. The molecular weight excluding hydrogens is 493 g/mol. The number of unbranched alkanes of at least 4 members (excludes halogenated alkanes) is 7. The average Bonchev–Trinajstić information content (AvgIpc) is 2.82. The highest BCUT2D eigenvalue weighted by atomic mass is 31.2. The van der Waals surface area contributed by atoms with Crippen molar-refractivity contribution in [3.8, 4) is 0 Å². The van der Waals surface area contributed by atoms with Gasteiger partial charge < -0.3 is 19.2 Å². The predicted molar refractivity (Wildman–Crippen MR) is 150 cm³/mol. The van der Waals surface area contributed by atoms with Crippen molar-refractivity contribution in [1.29, 1.82) is 0 Å². The van der Waals surface area contributed by atoms with Gasteiger partial charge in [-0.2, -0.15) is 0 Å². The highest BCUT2D eigenvalue weighted by Gasteiger charge is 2.24. The van der Waals surface area contributed by atoms with Crippen molar-refractivity contribution in [1.82, 2.24) is 0 Å². The minimum absolute atomic E-state index is 0.0490. The summed E-state index contributed by atoms with van der Waals surface area (Å²) >= 11 is 0. The molecule has 0 aliphatic carbocycles. The van der Waals surface area contributed by atoms with Gasteiger partial charge in [-0.1, -0.05) is 69.1 Å². The number of allylic oxidation sites excluding steroid dienone is 6. The zero-order chi connectivity index (χ0) is 27.8. The molecule has 0 heterocycles. The Bertz CT molecular complexity index is 701. The number of aliphatic hydroxyl groups excluding tert-OH is 1. The van der Waals surface area contributed by atoms with E-state index in [2.05, 4.69) is 43.4 Å². The zero-order valence-electron chi connectivity index (χ0n) is 23.7. The summed E-state index contributed by atoms with van der Waals surface area (Å²) in [5.41, 5.74) is 0. The Kier molecular flexibility index (Phi) is 21.9. The van der Waals surface area contributed by atoms with Crippen LogP contribution in [0.5, 0.6) is 0 Å². The first kappa shape index (κ1) is 35.7. The van der Waals surface area contributed by atoms with Crippen LogP contribution in [0.4, 0.5) is 0 Å². The summed E-state index contributed by atoms with van der Waals surface area (Å²) in [5, 5.41) is 9.83. The molecule has 0 spiro atoms. The van der Waals surface area contributed by atoms with E-state index < -0.39 is 26.5 Å². The van der Waals surface area contributed by atoms with E-state index in [9.17, 15) is 19.4 Å². The van der Waals surface area contributed by atoms with E-state index in [1.807, 2.05) is 21.1 Å². The number of hydrogen-bond acceptors (Lipinski definition) is 6. The summed E-state index contributed by atoms with van der Waals surface area (Å²) in [7, 11) is 1.54. The molecule has 1 unspecified atom stereocenters. The number of quaternary nitrogens is 1. The lowest BCUT2D eigenvalue weighted by Gasteiger charge is -2.24. The third-order valence-corrected chi connectivity index (χ3v) is 6.39. The van der Waals surface area contributed by atoms with Crippen LogP contribution in [0.1, 0.15) is 84.0 Å². The molecule has 0 aromatic carbocycles. The van der Waals surface area contributed by atoms with Gasteiger partial charge in [0.15, 0.2) is 0 Å². The van der Waals surface area contributed by atoms with Gasteiger partial charge in [0.1, 0.15) is 25.9 Å². The van der Waals surface area contributed by atoms with Crippen molar-refractivity contribution in [3.63, 3.8) is 0 Å². The lowest BCUT2D eigenvalue weighted by molar-refractivity contribution is -0.870. The molecule has 0 aliphatic heterocycles. The molecule has 216 valence electrons. The number of esters is 1. The summed E-state index contributed by atoms with van der Waals surface area (Å²) in [6.07, 6.45) is 24.3. The number of phosphoric ester groups is 1. The molecule has 0 aromatic heterocycles. The van der Waals surface area contributed by atoms with E-state index in [1.54, 1.807) is 0 Å². The van der Waals surface area contributed by atoms with Crippen LogP contribution in [0.3, 0.4) is 0 Å². The largest absolute Gasteiger partial charge is 0.472 e. The number of ether oxygens (including phenoxy) is 1. The maximum Gasteiger partial charge on any atom is 0.472 e. The van der Waals surface area contributed by atoms with Crippen LogP contribution in [0.2, 0.25) is 0 Å². The van der Waals surface area contributed by atoms with Gasteiger partial charge in [0.25, 0.3) is 0 Å². The number of carbonyl (C=O) groups excluding carboxylic acids is 1. The summed E-state index contributed by atoms with van der Waals surface area (Å²) in [6.45, 7) is 2.06. The van der Waals surface area contributed by atoms with Crippen LogP contribution in [-0.2, 0) is 23.1 Å². The highest BCUT2D eigenvalue weighted by Crippen LogP contribution is 2.43. The fourth-order valence-corrected chi connectivity index (χ4v) is 3.88. The van der Waals surface area contributed by atoms with Gasteiger partial charge in [-0.15, -0.1) is 0 Å². The van der Waals surface area contributed by atoms with Crippen molar-refractivity contribution in [2.75, 3.05) is 47.5 Å². The van der Waals surface area contributed by atoms with Crippen molar-refractivity contribution in [2.45, 2.75) is 90.1 Å². The van der Waals surface area contributed by atoms with Crippen molar-refractivity contribution in [2.24, 2.45) is 0 Å². The Balaban J connectivity index is 3.66. The van der Waals surface area contributed by atoms with Crippen LogP contribution in [-0.4, -0.2) is 74.1 Å². The van der Waals surface area contributed by atoms with E-state index >= 15 is 0 Å². The third kappa shape index (κ3) is 27.6. The van der Waals surface area contributed by atoms with E-state index in [0.717, 1.165) is 44.9 Å². The molecule has 0 saturated carbocycles. The highest BCUT2D eigenvalue weighted by molar-refractivity contribution is 7.47. The Morgan fingerprint density at radius 1 is 0.838 bits per heavy atom. The second-order valence-corrected chi connectivity index (χ2v) is 11.7. The van der Waals surface area contributed by atoms with Gasteiger partial charge in [0.05, 0.1) is 27.7 Å². The SMILES string of the molecule is CCCCC/C=C/C/C=C/C/C=C/CCCCCCC(=O)OC[C@@H](O)COP(=O)(O)OCC[N+](C)(C)C. The number of carbonyl (C=O) groups is 1. The first-order valence-corrected chi connectivity index (χ1v) is 15.3. The number of phosphoric acid groups is 1. The summed E-state index contributed by atoms with van der Waals surface area (Å²) < 4.78 is 27.0. The second-order valence-electron chi connectivity index (χ2n) is 10.3. The average molecular weight is 547 g/mol. The standard InChI is InChI=1S/C28H52NO7P/c1-5-6-7-8-9-10-11-12-13-14-15-16-17-18-19-20-21-22-28(31)34-25-27(30)26-36-37(32,33)35-24-23-29(2,3)4/h9-10,12-13,15-16,27,30H,5-8,11,14,17-26H2,1-4H3/p+1/b10-9+,13-12+,16-15+/t27-/m1/s1. The van der Waals surface area contributed by atoms with E-state index in [0.29, 0.717) is 11.0 Å². The Labute approximate surface area is 225 Å². The minimum atomic E-state index is -4.25. The van der Waals surface area contributed by atoms with E-state index in [4.69, 9.17) is 13.8 Å². The number of nitrogens with zero attached hydrogens (tertiary/aromatic N) is 1. The van der Waals surface area contributed by atoms with Crippen molar-refractivity contribution in [3.05, 3.63) is 36.5 Å². The summed E-state index contributed by atoms with van der Waals surface area (Å²) in [6, 6.07) is 0. The van der Waals surface area contributed by atoms with Gasteiger partial charge >= 0.3 is 13.8 Å². The van der Waals surface area contributed by atoms with E-state index in [1.165, 1.54) is 25.7 Å². The first-order valence-electron chi connectivity index (χ1n) is 13.8. The maximum atomic E-state index is 11.8. The normalized spacial score (nSPS) is 15.1. The summed E-state index contributed by atoms with van der Waals surface area (Å²) in [4.78, 5) is 21.4. The molecule has 0 amide bonds. The van der Waals surface area contributed by atoms with Crippen LogP contribution in [0, 0.1) is 0 Å². The molecule has 2 N–H and O–H groups in total. The van der Waals surface area contributed by atoms with Crippen LogP contribution >= 0.6 is 7.82 Å². The molecule has 2 atom stereocenters. The van der Waals surface area contributed by atoms with E-state index in [-0.39, 0.29) is 19.6 Å². The molecule has 0 aromatic rings. The Morgan fingerprint density at radius 2 is 1.41 bits per heavy atom. The lowest BCUT2D eigenvalue weighted by Crippen LogP contribution is -2.37. The first-order chi connectivity index (χ1) is 17.6. The van der Waals surface area contributed by atoms with Crippen LogP contribution in [0.25, 0.3) is 0 Å². The smallest absolute Gasteiger partial charge is 0.463 e. The van der Waals surface area contributed by atoms with Gasteiger partial charge in [-0.25, -0.2) is 4.57 Å². The molecule has 37 heavy (non-hydrogen) atoms. The number of likely N-dealkylation sites (N-methyl/N-ethyl adjacent to an activating group) is 1. The molecule has 9 heteroatoms. The maximum absolute atomic E-state index is 11.8. The van der Waals surface area contributed by atoms with Crippen molar-refractivity contribution < 1.29 is 37.6 Å². The fourth-order valence-electron chi connectivity index (χ4n) is 3.13. The Hall–Kier alpha value is -1.28. The Morgan fingerprint density at radius 3 is 2.00 bits per heavy atom. The zero-order valence-corrected chi connectivity index (χ0v) is 24.6. The quantitative estimate of drug-likeness (QED) is 0.0496. The summed E-state index contributed by atoms with van der Waals surface area (Å²) in [5.74, 6) is -0.395. The molecular formula is C28H53NO7P+. The molecule has 0 aliphatic rings. The van der Waals surface area contributed by atoms with Gasteiger partial charge in [-0.05, 0) is 44.9 Å². The van der Waals surface area contributed by atoms with Crippen molar-refractivity contribution >= 4 is 13.8 Å². The predicted octanol–water partition coefficient (Wildman–Crippen LogP) is 6.10. The molecule has 0 saturated heterocycles. The molecule has 0 radical (unpaired) electrons. The number of rotatable bonds is 24. The third-order valence-electron chi connectivity index (χ3n) is 5.40. The topological polar surface area (TPSA) is 102 Å². The second kappa shape index (κ2) is 22.7. The molecule has 0 fully saturated rings. The van der Waals surface area contributed by atoms with Crippen LogP contribution < -0.4 is 0 Å². The lowest BCUT2D eigenvalue weighted by atomic mass is 10.1. The van der Waals surface area contributed by atoms with Gasteiger partial charge in [-0.3, -0.25) is 13.8 Å². The minimum Gasteiger partial charge on any atom is -0.463 e. The molecule has 0 bridgehead atoms. The monoisotopic (exact) mass is 546 g/mol. The van der Waals surface area contributed by atoms with Gasteiger partial charge in [0.2, 0.25) is 0 Å². The van der Waals surface area contributed by atoms with Gasteiger partial charge in [0, 0.05) is 6.42 Å². The van der Waals surface area contributed by atoms with Crippen LogP contribution in [0.15, 0.2) is 36.5 Å². The number of aliphatic hydroxyl groups is 1. The molecule has 8 nitrogen and oxygen atoms in total.